The Hall–Kier alpha value is -2.36. The van der Waals surface area contributed by atoms with Crippen LogP contribution in [0.1, 0.15) is 33.6 Å². The Kier molecular flexibility index (Phi) is 8.75. The topological polar surface area (TPSA) is 153 Å². The van der Waals surface area contributed by atoms with Crippen molar-refractivity contribution < 1.29 is 39.2 Å². The van der Waals surface area contributed by atoms with Crippen LogP contribution >= 0.6 is 0 Å². The van der Waals surface area contributed by atoms with Crippen molar-refractivity contribution in [3.05, 3.63) is 0 Å². The summed E-state index contributed by atoms with van der Waals surface area (Å²) in [6, 6.07) is -1.28. The summed E-state index contributed by atoms with van der Waals surface area (Å²) in [5.41, 5.74) is -0.659. The number of ether oxygens (including phenoxy) is 1. The second-order valence-corrected chi connectivity index (χ2v) is 6.12. The maximum absolute atomic E-state index is 11.4. The van der Waals surface area contributed by atoms with E-state index in [0.717, 1.165) is 4.90 Å². The molecule has 0 aromatic heterocycles. The van der Waals surface area contributed by atoms with Crippen molar-refractivity contribution in [1.82, 2.24) is 10.2 Å². The molecule has 0 heterocycles. The molecule has 0 fully saturated rings. The molecule has 0 saturated carbocycles. The van der Waals surface area contributed by atoms with Crippen LogP contribution in [0.2, 0.25) is 0 Å². The summed E-state index contributed by atoms with van der Waals surface area (Å²) in [6.07, 6.45) is -0.459. The lowest BCUT2D eigenvalue weighted by molar-refractivity contribution is -0.149. The van der Waals surface area contributed by atoms with Gasteiger partial charge in [0.15, 0.2) is 0 Å². The summed E-state index contributed by atoms with van der Waals surface area (Å²) in [5.74, 6) is -3.97. The highest BCUT2D eigenvalue weighted by Crippen LogP contribution is 2.09. The van der Waals surface area contributed by atoms with Crippen LogP contribution in [0.15, 0.2) is 0 Å². The molecule has 10 heteroatoms. The van der Waals surface area contributed by atoms with Crippen molar-refractivity contribution in [1.29, 1.82) is 0 Å². The molecule has 0 aliphatic carbocycles. The molecule has 0 aromatic rings. The van der Waals surface area contributed by atoms with Crippen molar-refractivity contribution in [3.8, 4) is 0 Å². The molecule has 1 unspecified atom stereocenters. The zero-order valence-electron chi connectivity index (χ0n) is 13.9. The van der Waals surface area contributed by atoms with E-state index in [1.54, 1.807) is 20.8 Å². The number of amides is 1. The first-order valence-electron chi connectivity index (χ1n) is 7.29. The normalized spacial score (nSPS) is 12.5. The highest BCUT2D eigenvalue weighted by Gasteiger charge is 2.28. The van der Waals surface area contributed by atoms with Crippen molar-refractivity contribution in [2.75, 3.05) is 19.6 Å². The van der Waals surface area contributed by atoms with E-state index in [0.29, 0.717) is 0 Å². The second-order valence-electron chi connectivity index (χ2n) is 6.12. The fourth-order valence-electron chi connectivity index (χ4n) is 1.89. The van der Waals surface area contributed by atoms with E-state index in [1.807, 2.05) is 0 Å². The first-order valence-corrected chi connectivity index (χ1v) is 7.29. The van der Waals surface area contributed by atoms with Crippen LogP contribution in [0.5, 0.6) is 0 Å². The highest BCUT2D eigenvalue weighted by atomic mass is 16.6. The van der Waals surface area contributed by atoms with E-state index in [4.69, 9.17) is 14.9 Å². The van der Waals surface area contributed by atoms with Gasteiger partial charge in [-0.2, -0.15) is 0 Å². The number of carbonyl (C=O) groups excluding carboxylic acids is 1. The van der Waals surface area contributed by atoms with Gasteiger partial charge in [-0.1, -0.05) is 0 Å². The average Bonchev–Trinajstić information content (AvgIpc) is 2.33. The van der Waals surface area contributed by atoms with Gasteiger partial charge in [-0.25, -0.2) is 4.79 Å². The second kappa shape index (κ2) is 9.71. The Labute approximate surface area is 139 Å². The third kappa shape index (κ3) is 10.4. The number of hydrogen-bond acceptors (Lipinski definition) is 6. The number of alkyl carbamates (subject to hydrolysis) is 1. The number of aliphatic carboxylic acids is 3. The fourth-order valence-corrected chi connectivity index (χ4v) is 1.89. The molecule has 24 heavy (non-hydrogen) atoms. The Morgan fingerprint density at radius 3 is 1.92 bits per heavy atom. The van der Waals surface area contributed by atoms with E-state index in [1.165, 1.54) is 0 Å². The predicted octanol–water partition coefficient (Wildman–Crippen LogP) is 0.216. The van der Waals surface area contributed by atoms with Gasteiger partial charge in [-0.3, -0.25) is 19.3 Å². The quantitative estimate of drug-likeness (QED) is 0.406. The van der Waals surface area contributed by atoms with Gasteiger partial charge in [0.25, 0.3) is 0 Å². The number of carbonyl (C=O) groups is 4. The smallest absolute Gasteiger partial charge is 0.407 e. The van der Waals surface area contributed by atoms with Crippen LogP contribution in [0, 0.1) is 0 Å². The third-order valence-electron chi connectivity index (χ3n) is 2.73. The summed E-state index contributed by atoms with van der Waals surface area (Å²) < 4.78 is 5.01. The van der Waals surface area contributed by atoms with Crippen LogP contribution in [-0.4, -0.2) is 75.5 Å². The van der Waals surface area contributed by atoms with Crippen molar-refractivity contribution in [2.45, 2.75) is 45.3 Å². The Balaban J connectivity index is 4.55. The van der Waals surface area contributed by atoms with Crippen molar-refractivity contribution in [3.63, 3.8) is 0 Å². The van der Waals surface area contributed by atoms with E-state index in [9.17, 15) is 24.3 Å². The average molecular weight is 348 g/mol. The molecule has 4 N–H and O–H groups in total. The summed E-state index contributed by atoms with van der Waals surface area (Å²) in [7, 11) is 0. The van der Waals surface area contributed by atoms with Crippen molar-refractivity contribution in [2.24, 2.45) is 0 Å². The van der Waals surface area contributed by atoms with E-state index in [2.05, 4.69) is 5.32 Å². The van der Waals surface area contributed by atoms with Gasteiger partial charge in [0, 0.05) is 6.54 Å². The lowest BCUT2D eigenvalue weighted by Gasteiger charge is -2.25. The number of hydrogen-bond donors (Lipinski definition) is 4. The number of rotatable bonds is 10. The third-order valence-corrected chi connectivity index (χ3v) is 2.73. The molecule has 138 valence electrons. The van der Waals surface area contributed by atoms with Gasteiger partial charge in [0.2, 0.25) is 0 Å². The van der Waals surface area contributed by atoms with E-state index < -0.39 is 48.7 Å². The molecule has 10 nitrogen and oxygen atoms in total. The lowest BCUT2D eigenvalue weighted by Crippen LogP contribution is -2.46. The minimum atomic E-state index is -1.32. The Morgan fingerprint density at radius 1 is 1.04 bits per heavy atom. The van der Waals surface area contributed by atoms with Crippen LogP contribution in [-0.2, 0) is 19.1 Å². The molecule has 0 rings (SSSR count). The van der Waals surface area contributed by atoms with Crippen LogP contribution in [0.3, 0.4) is 0 Å². The molecular formula is C14H24N2O8. The van der Waals surface area contributed by atoms with Gasteiger partial charge < -0.3 is 25.4 Å². The molecule has 0 bridgehead atoms. The number of carboxylic acids is 3. The molecule has 0 spiro atoms. The fraction of sp³-hybridized carbons (Fsp3) is 0.714. The van der Waals surface area contributed by atoms with Crippen LogP contribution in [0.4, 0.5) is 4.79 Å². The maximum Gasteiger partial charge on any atom is 0.407 e. The molecule has 1 atom stereocenters. The van der Waals surface area contributed by atoms with Gasteiger partial charge in [0.1, 0.15) is 11.6 Å². The molecule has 0 aliphatic heterocycles. The molecule has 0 radical (unpaired) electrons. The minimum absolute atomic E-state index is 0.0221. The summed E-state index contributed by atoms with van der Waals surface area (Å²) in [4.78, 5) is 45.1. The molecule has 0 aliphatic rings. The number of nitrogens with zero attached hydrogens (tertiary/aromatic N) is 1. The SMILES string of the molecule is CC(C)(C)OC(=O)NCCCC(C(=O)O)N(CC(=O)O)CC(=O)O. The summed E-state index contributed by atoms with van der Waals surface area (Å²) >= 11 is 0. The Morgan fingerprint density at radius 2 is 1.54 bits per heavy atom. The molecular weight excluding hydrogens is 324 g/mol. The largest absolute Gasteiger partial charge is 0.480 e. The molecule has 1 amide bonds. The predicted molar refractivity (Wildman–Crippen MR) is 81.7 cm³/mol. The minimum Gasteiger partial charge on any atom is -0.480 e. The number of carboxylic acid groups (broad SMARTS) is 3. The zero-order chi connectivity index (χ0) is 18.9. The highest BCUT2D eigenvalue weighted by molar-refractivity contribution is 5.78. The number of nitrogens with one attached hydrogen (secondary N) is 1. The Bertz CT molecular complexity index is 456. The standard InChI is InChI=1S/C14H24N2O8/c1-14(2,3)24-13(23)15-6-4-5-9(12(21)22)16(7-10(17)18)8-11(19)20/h9H,4-8H2,1-3H3,(H,15,23)(H,17,18)(H,19,20)(H,21,22). The first-order chi connectivity index (χ1) is 10.9. The lowest BCUT2D eigenvalue weighted by atomic mass is 10.1. The van der Waals surface area contributed by atoms with Crippen LogP contribution in [0.25, 0.3) is 0 Å². The maximum atomic E-state index is 11.4. The zero-order valence-corrected chi connectivity index (χ0v) is 13.9. The van der Waals surface area contributed by atoms with Gasteiger partial charge in [-0.15, -0.1) is 0 Å². The first kappa shape index (κ1) is 21.6. The van der Waals surface area contributed by atoms with Gasteiger partial charge in [0.05, 0.1) is 13.1 Å². The van der Waals surface area contributed by atoms with Crippen LogP contribution < -0.4 is 5.32 Å². The van der Waals surface area contributed by atoms with Gasteiger partial charge >= 0.3 is 24.0 Å². The monoisotopic (exact) mass is 348 g/mol. The summed E-state index contributed by atoms with van der Waals surface area (Å²) in [6.45, 7) is 3.80. The molecule has 0 aromatic carbocycles. The van der Waals surface area contributed by atoms with Crippen molar-refractivity contribution >= 4 is 24.0 Å². The van der Waals surface area contributed by atoms with Gasteiger partial charge in [-0.05, 0) is 33.6 Å². The summed E-state index contributed by atoms with van der Waals surface area (Å²) in [5, 5.41) is 29.2. The van der Waals surface area contributed by atoms with E-state index >= 15 is 0 Å². The molecule has 0 saturated heterocycles. The van der Waals surface area contributed by atoms with E-state index in [-0.39, 0.29) is 19.4 Å².